The molecule has 6 heteroatoms. The molecule has 17 heavy (non-hydrogen) atoms. The molecule has 94 valence electrons. The van der Waals surface area contributed by atoms with E-state index >= 15 is 0 Å². The summed E-state index contributed by atoms with van der Waals surface area (Å²) in [4.78, 5) is 11.7. The highest BCUT2D eigenvalue weighted by molar-refractivity contribution is 9.10. The predicted molar refractivity (Wildman–Crippen MR) is 71.3 cm³/mol. The second-order valence-corrected chi connectivity index (χ2v) is 5.23. The normalized spacial score (nSPS) is 24.6. The van der Waals surface area contributed by atoms with Crippen molar-refractivity contribution in [1.29, 1.82) is 0 Å². The highest BCUT2D eigenvalue weighted by Gasteiger charge is 2.21. The minimum Gasteiger partial charge on any atom is -0.378 e. The Morgan fingerprint density at radius 1 is 1.65 bits per heavy atom. The first kappa shape index (κ1) is 12.6. The molecule has 1 aromatic heterocycles. The lowest BCUT2D eigenvalue weighted by atomic mass is 10.00. The van der Waals surface area contributed by atoms with Crippen LogP contribution >= 0.6 is 15.9 Å². The Labute approximate surface area is 109 Å². The van der Waals surface area contributed by atoms with Gasteiger partial charge in [0.15, 0.2) is 0 Å². The van der Waals surface area contributed by atoms with Crippen molar-refractivity contribution in [2.75, 3.05) is 11.9 Å². The minimum atomic E-state index is -0.119. The number of rotatable bonds is 2. The molecule has 2 N–H and O–H groups in total. The molecule has 2 heterocycles. The zero-order chi connectivity index (χ0) is 12.4. The number of nitrogens with zero attached hydrogens (tertiary/aromatic N) is 2. The van der Waals surface area contributed by atoms with Gasteiger partial charge < -0.3 is 10.6 Å². The molecule has 2 rings (SSSR count). The molecule has 0 saturated carbocycles. The van der Waals surface area contributed by atoms with Gasteiger partial charge in [0.05, 0.1) is 11.9 Å². The standard InChI is InChI=1S/C11H17BrN4O/c1-7-8(4-3-5-13-7)15-9-6-14-16(2)11(17)10(9)12/h6-8,13,15H,3-5H2,1-2H3. The fourth-order valence-electron chi connectivity index (χ4n) is 2.05. The van der Waals surface area contributed by atoms with E-state index in [1.165, 1.54) is 4.68 Å². The highest BCUT2D eigenvalue weighted by atomic mass is 79.9. The summed E-state index contributed by atoms with van der Waals surface area (Å²) < 4.78 is 1.87. The van der Waals surface area contributed by atoms with E-state index in [9.17, 15) is 4.79 Å². The molecule has 0 bridgehead atoms. The van der Waals surface area contributed by atoms with Crippen LogP contribution in [0.1, 0.15) is 19.8 Å². The van der Waals surface area contributed by atoms with Crippen molar-refractivity contribution in [2.45, 2.75) is 31.8 Å². The van der Waals surface area contributed by atoms with Crippen molar-refractivity contribution in [3.8, 4) is 0 Å². The van der Waals surface area contributed by atoms with Crippen molar-refractivity contribution < 1.29 is 0 Å². The third kappa shape index (κ3) is 2.69. The smallest absolute Gasteiger partial charge is 0.282 e. The van der Waals surface area contributed by atoms with E-state index in [1.807, 2.05) is 0 Å². The van der Waals surface area contributed by atoms with Gasteiger partial charge in [-0.2, -0.15) is 5.10 Å². The summed E-state index contributed by atoms with van der Waals surface area (Å²) in [5, 5.41) is 10.8. The number of hydrogen-bond acceptors (Lipinski definition) is 4. The van der Waals surface area contributed by atoms with E-state index in [-0.39, 0.29) is 5.56 Å². The highest BCUT2D eigenvalue weighted by Crippen LogP contribution is 2.20. The predicted octanol–water partition coefficient (Wildman–Crippen LogP) is 1.10. The summed E-state index contributed by atoms with van der Waals surface area (Å²) in [5.74, 6) is 0. The van der Waals surface area contributed by atoms with Crippen molar-refractivity contribution in [1.82, 2.24) is 15.1 Å². The maximum Gasteiger partial charge on any atom is 0.282 e. The Balaban J connectivity index is 2.18. The molecule has 2 atom stereocenters. The summed E-state index contributed by atoms with van der Waals surface area (Å²) in [6, 6.07) is 0.744. The van der Waals surface area contributed by atoms with E-state index in [2.05, 4.69) is 38.6 Å². The van der Waals surface area contributed by atoms with Crippen LogP contribution in [0.2, 0.25) is 0 Å². The third-order valence-corrected chi connectivity index (χ3v) is 3.95. The van der Waals surface area contributed by atoms with Gasteiger partial charge in [-0.05, 0) is 42.2 Å². The number of aryl methyl sites for hydroxylation is 1. The lowest BCUT2D eigenvalue weighted by Crippen LogP contribution is -2.46. The summed E-state index contributed by atoms with van der Waals surface area (Å²) in [6.07, 6.45) is 3.94. The van der Waals surface area contributed by atoms with Crippen LogP contribution in [0.25, 0.3) is 0 Å². The monoisotopic (exact) mass is 300 g/mol. The van der Waals surface area contributed by atoms with E-state index in [0.29, 0.717) is 16.6 Å². The van der Waals surface area contributed by atoms with Gasteiger partial charge in [-0.15, -0.1) is 0 Å². The van der Waals surface area contributed by atoms with Crippen LogP contribution in [-0.2, 0) is 7.05 Å². The molecule has 1 aliphatic heterocycles. The number of anilines is 1. The average molecular weight is 301 g/mol. The molecule has 2 unspecified atom stereocenters. The van der Waals surface area contributed by atoms with Gasteiger partial charge in [-0.25, -0.2) is 4.68 Å². The second-order valence-electron chi connectivity index (χ2n) is 4.44. The second kappa shape index (κ2) is 5.18. The average Bonchev–Trinajstić information content (AvgIpc) is 2.32. The zero-order valence-corrected chi connectivity index (χ0v) is 11.6. The first-order chi connectivity index (χ1) is 8.09. The summed E-state index contributed by atoms with van der Waals surface area (Å²) in [7, 11) is 1.64. The van der Waals surface area contributed by atoms with Gasteiger partial charge in [0.2, 0.25) is 0 Å². The lowest BCUT2D eigenvalue weighted by Gasteiger charge is -2.31. The molecule has 0 aromatic carbocycles. The Morgan fingerprint density at radius 2 is 2.41 bits per heavy atom. The van der Waals surface area contributed by atoms with E-state index in [1.54, 1.807) is 13.2 Å². The van der Waals surface area contributed by atoms with Gasteiger partial charge in [-0.1, -0.05) is 0 Å². The van der Waals surface area contributed by atoms with Gasteiger partial charge in [0.1, 0.15) is 4.47 Å². The molecular weight excluding hydrogens is 284 g/mol. The zero-order valence-electron chi connectivity index (χ0n) is 10.0. The Bertz CT molecular complexity index is 459. The first-order valence-corrected chi connectivity index (χ1v) is 6.60. The van der Waals surface area contributed by atoms with Crippen LogP contribution in [0, 0.1) is 0 Å². The van der Waals surface area contributed by atoms with Crippen molar-refractivity contribution in [3.63, 3.8) is 0 Å². The summed E-state index contributed by atoms with van der Waals surface area (Å²) in [6.45, 7) is 3.22. The molecule has 0 amide bonds. The van der Waals surface area contributed by atoms with Crippen LogP contribution in [0.5, 0.6) is 0 Å². The van der Waals surface area contributed by atoms with Crippen molar-refractivity contribution >= 4 is 21.6 Å². The number of aromatic nitrogens is 2. The molecule has 1 aromatic rings. The van der Waals surface area contributed by atoms with Gasteiger partial charge >= 0.3 is 0 Å². The Kier molecular flexibility index (Phi) is 3.83. The van der Waals surface area contributed by atoms with E-state index in [0.717, 1.165) is 25.1 Å². The van der Waals surface area contributed by atoms with Crippen LogP contribution in [-0.4, -0.2) is 28.4 Å². The van der Waals surface area contributed by atoms with Gasteiger partial charge in [-0.3, -0.25) is 4.79 Å². The quantitative estimate of drug-likeness (QED) is 0.859. The molecule has 1 fully saturated rings. The number of halogens is 1. The van der Waals surface area contributed by atoms with Crippen LogP contribution in [0.15, 0.2) is 15.5 Å². The number of nitrogens with one attached hydrogen (secondary N) is 2. The molecule has 5 nitrogen and oxygen atoms in total. The number of piperidine rings is 1. The van der Waals surface area contributed by atoms with Crippen molar-refractivity contribution in [2.24, 2.45) is 7.05 Å². The largest absolute Gasteiger partial charge is 0.378 e. The van der Waals surface area contributed by atoms with Crippen LogP contribution in [0.3, 0.4) is 0 Å². The molecule has 1 saturated heterocycles. The summed E-state index contributed by atoms with van der Waals surface area (Å²) in [5.41, 5.74) is 0.653. The maximum absolute atomic E-state index is 11.7. The maximum atomic E-state index is 11.7. The van der Waals surface area contributed by atoms with Crippen molar-refractivity contribution in [3.05, 3.63) is 21.0 Å². The van der Waals surface area contributed by atoms with Gasteiger partial charge in [0.25, 0.3) is 5.56 Å². The van der Waals surface area contributed by atoms with E-state index in [4.69, 9.17) is 0 Å². The molecular formula is C11H17BrN4O. The topological polar surface area (TPSA) is 59.0 Å². The lowest BCUT2D eigenvalue weighted by molar-refractivity contribution is 0.389. The molecule has 1 aliphatic rings. The third-order valence-electron chi connectivity index (χ3n) is 3.18. The first-order valence-electron chi connectivity index (χ1n) is 5.81. The fourth-order valence-corrected chi connectivity index (χ4v) is 2.53. The fraction of sp³-hybridized carbons (Fsp3) is 0.636. The summed E-state index contributed by atoms with van der Waals surface area (Å²) >= 11 is 3.32. The minimum absolute atomic E-state index is 0.119. The van der Waals surface area contributed by atoms with Gasteiger partial charge in [0, 0.05) is 19.1 Å². The molecule has 0 aliphatic carbocycles. The van der Waals surface area contributed by atoms with E-state index < -0.39 is 0 Å². The van der Waals surface area contributed by atoms with Crippen LogP contribution < -0.4 is 16.2 Å². The SMILES string of the molecule is CC1NCCCC1Nc1cnn(C)c(=O)c1Br. The number of hydrogen-bond donors (Lipinski definition) is 2. The molecule has 0 radical (unpaired) electrons. The Morgan fingerprint density at radius 3 is 3.12 bits per heavy atom. The molecule has 0 spiro atoms. The van der Waals surface area contributed by atoms with Crippen LogP contribution in [0.4, 0.5) is 5.69 Å². The Hall–Kier alpha value is -0.880.